The van der Waals surface area contributed by atoms with Crippen molar-refractivity contribution in [1.82, 2.24) is 19.5 Å². The van der Waals surface area contributed by atoms with Crippen LogP contribution in [-0.2, 0) is 6.42 Å². The predicted molar refractivity (Wildman–Crippen MR) is 252 cm³/mol. The Labute approximate surface area is 354 Å². The first kappa shape index (κ1) is 35.3. The van der Waals surface area contributed by atoms with Gasteiger partial charge in [0.15, 0.2) is 17.5 Å². The molecule has 61 heavy (non-hydrogen) atoms. The highest BCUT2D eigenvalue weighted by molar-refractivity contribution is 6.21. The fraction of sp³-hybridized carbons (Fsp3) is 0.0702. The monoisotopic (exact) mass is 780 g/mol. The van der Waals surface area contributed by atoms with Crippen LogP contribution in [0.15, 0.2) is 211 Å². The number of nitrogens with zero attached hydrogens (tertiary/aromatic N) is 4. The lowest BCUT2D eigenvalue weighted by Crippen LogP contribution is -2.08. The van der Waals surface area contributed by atoms with Gasteiger partial charge in [-0.2, -0.15) is 0 Å². The van der Waals surface area contributed by atoms with Gasteiger partial charge in [0.2, 0.25) is 0 Å². The Morgan fingerprint density at radius 2 is 1.21 bits per heavy atom. The van der Waals surface area contributed by atoms with Crippen LogP contribution in [0.25, 0.3) is 89.6 Å². The summed E-state index contributed by atoms with van der Waals surface area (Å²) in [6.07, 6.45) is 19.4. The maximum Gasteiger partial charge on any atom is 0.164 e. The number of hydrogen-bond acceptors (Lipinski definition) is 3. The zero-order chi connectivity index (χ0) is 40.3. The van der Waals surface area contributed by atoms with Crippen molar-refractivity contribution >= 4 is 38.7 Å². The second kappa shape index (κ2) is 14.5. The van der Waals surface area contributed by atoms with E-state index >= 15 is 0 Å². The maximum atomic E-state index is 5.05. The van der Waals surface area contributed by atoms with Crippen molar-refractivity contribution in [2.24, 2.45) is 5.92 Å². The third-order valence-corrected chi connectivity index (χ3v) is 12.6. The van der Waals surface area contributed by atoms with Crippen molar-refractivity contribution in [3.63, 3.8) is 0 Å². The third-order valence-electron chi connectivity index (χ3n) is 12.6. The van der Waals surface area contributed by atoms with Gasteiger partial charge in [-0.3, -0.25) is 0 Å². The molecule has 3 aliphatic rings. The summed E-state index contributed by atoms with van der Waals surface area (Å²) >= 11 is 0. The second-order valence-electron chi connectivity index (χ2n) is 16.3. The molecule has 3 aliphatic carbocycles. The van der Waals surface area contributed by atoms with Gasteiger partial charge < -0.3 is 4.57 Å². The van der Waals surface area contributed by atoms with Crippen LogP contribution in [0.5, 0.6) is 0 Å². The zero-order valence-electron chi connectivity index (χ0n) is 33.5. The van der Waals surface area contributed by atoms with Crippen molar-refractivity contribution in [3.05, 3.63) is 222 Å². The Hall–Kier alpha value is -7.69. The number of fused-ring (bicyclic) bond motifs is 7. The first-order valence-corrected chi connectivity index (χ1v) is 21.2. The molecule has 0 saturated carbocycles. The lowest BCUT2D eigenvalue weighted by Gasteiger charge is -2.24. The molecule has 0 saturated heterocycles. The molecule has 2 heterocycles. The van der Waals surface area contributed by atoms with Gasteiger partial charge in [0.25, 0.3) is 0 Å². The van der Waals surface area contributed by atoms with E-state index in [0.717, 1.165) is 52.7 Å². The smallest absolute Gasteiger partial charge is 0.164 e. The largest absolute Gasteiger partial charge is 0.309 e. The number of benzene rings is 7. The summed E-state index contributed by atoms with van der Waals surface area (Å²) in [6.45, 7) is 0. The minimum absolute atomic E-state index is 0.513. The third kappa shape index (κ3) is 6.27. The second-order valence-corrected chi connectivity index (χ2v) is 16.3. The first-order valence-electron chi connectivity index (χ1n) is 21.2. The van der Waals surface area contributed by atoms with Crippen LogP contribution in [-0.4, -0.2) is 19.5 Å². The number of para-hydroxylation sites is 1. The molecule has 4 nitrogen and oxygen atoms in total. The van der Waals surface area contributed by atoms with E-state index in [0.29, 0.717) is 23.4 Å². The van der Waals surface area contributed by atoms with E-state index in [9.17, 15) is 0 Å². The van der Waals surface area contributed by atoms with Crippen LogP contribution in [0, 0.1) is 5.92 Å². The summed E-state index contributed by atoms with van der Waals surface area (Å²) in [6, 6.07) is 56.2. The minimum Gasteiger partial charge on any atom is -0.309 e. The standard InChI is InChI=1S/C57H40N4/c1-3-13-40(14-4-1)55-58-56(41-15-5-2-6-16-41)60-57(59-55)47-18-11-19-49(35-47)61-52-21-10-9-20-50(52)54-51-36-46(29-25-39(51)30-31-53(54)61)45-28-24-38-23-27-44(33-48(38)34-45)43-26-22-37-12-7-8-17-42(37)32-43/h1-21,24-26,28-37H,22-23,27H2. The summed E-state index contributed by atoms with van der Waals surface area (Å²) < 4.78 is 2.39. The fourth-order valence-electron chi connectivity index (χ4n) is 9.55. The number of aryl methyl sites for hydroxylation is 1. The van der Waals surface area contributed by atoms with E-state index in [1.807, 2.05) is 60.7 Å². The number of aromatic nitrogens is 4. The molecule has 1 atom stereocenters. The van der Waals surface area contributed by atoms with Gasteiger partial charge >= 0.3 is 0 Å². The molecule has 288 valence electrons. The molecule has 0 N–H and O–H groups in total. The van der Waals surface area contributed by atoms with E-state index in [-0.39, 0.29) is 0 Å². The molecule has 0 fully saturated rings. The lowest BCUT2D eigenvalue weighted by molar-refractivity contribution is 0.770. The van der Waals surface area contributed by atoms with E-state index in [2.05, 4.69) is 144 Å². The molecule has 1 unspecified atom stereocenters. The van der Waals surface area contributed by atoms with Crippen LogP contribution in [0.2, 0.25) is 0 Å². The van der Waals surface area contributed by atoms with E-state index < -0.39 is 0 Å². The molecule has 12 rings (SSSR count). The topological polar surface area (TPSA) is 43.6 Å². The van der Waals surface area contributed by atoms with E-state index in [1.165, 1.54) is 60.5 Å². The highest BCUT2D eigenvalue weighted by atomic mass is 15.0. The van der Waals surface area contributed by atoms with E-state index in [4.69, 9.17) is 15.0 Å². The molecular formula is C57H40N4. The predicted octanol–water partition coefficient (Wildman–Crippen LogP) is 14.1. The molecule has 0 radical (unpaired) electrons. The quantitative estimate of drug-likeness (QED) is 0.169. The van der Waals surface area contributed by atoms with Gasteiger partial charge in [0.05, 0.1) is 11.0 Å². The summed E-state index contributed by atoms with van der Waals surface area (Å²) in [5, 5.41) is 4.94. The van der Waals surface area contributed by atoms with Crippen LogP contribution in [0.4, 0.5) is 0 Å². The van der Waals surface area contributed by atoms with Crippen molar-refractivity contribution in [2.45, 2.75) is 19.3 Å². The molecule has 0 spiro atoms. The molecule has 4 heteroatoms. The van der Waals surface area contributed by atoms with Gasteiger partial charge in [-0.05, 0) is 105 Å². The molecule has 7 aromatic carbocycles. The summed E-state index contributed by atoms with van der Waals surface area (Å²) in [5.41, 5.74) is 15.7. The average molecular weight is 781 g/mol. The molecule has 0 bridgehead atoms. The van der Waals surface area contributed by atoms with Crippen molar-refractivity contribution in [1.29, 1.82) is 0 Å². The Kier molecular flexibility index (Phi) is 8.41. The highest BCUT2D eigenvalue weighted by Gasteiger charge is 2.21. The van der Waals surface area contributed by atoms with Crippen molar-refractivity contribution < 1.29 is 0 Å². The summed E-state index contributed by atoms with van der Waals surface area (Å²) in [4.78, 5) is 15.0. The SMILES string of the molecule is C1=CC2=CC(C3=Cc4cc(-c5ccc6ccc7c(c6c5)c5ccccc5n7-c5cccc(-c6nc(-c7ccccc7)nc(-c7ccccc7)n6)c5)ccc4CC3)=CCC2C=C1. The Morgan fingerprint density at radius 1 is 0.508 bits per heavy atom. The molecule has 0 amide bonds. The van der Waals surface area contributed by atoms with Crippen LogP contribution < -0.4 is 0 Å². The van der Waals surface area contributed by atoms with Gasteiger partial charge in [0.1, 0.15) is 0 Å². The Bertz CT molecular complexity index is 3320. The van der Waals surface area contributed by atoms with Crippen LogP contribution in [0.1, 0.15) is 24.0 Å². The normalized spacial score (nSPS) is 15.7. The maximum absolute atomic E-state index is 5.05. The molecular weight excluding hydrogens is 741 g/mol. The van der Waals surface area contributed by atoms with Crippen LogP contribution >= 0.6 is 0 Å². The molecule has 0 aliphatic heterocycles. The Balaban J connectivity index is 0.960. The van der Waals surface area contributed by atoms with Gasteiger partial charge in [-0.1, -0.05) is 164 Å². The van der Waals surface area contributed by atoms with Gasteiger partial charge in [0, 0.05) is 39.1 Å². The lowest BCUT2D eigenvalue weighted by atomic mass is 9.80. The van der Waals surface area contributed by atoms with Gasteiger partial charge in [-0.15, -0.1) is 0 Å². The highest BCUT2D eigenvalue weighted by Crippen LogP contribution is 2.41. The minimum atomic E-state index is 0.513. The number of allylic oxidation sites excluding steroid dienone is 9. The molecule has 9 aromatic rings. The number of rotatable bonds is 6. The fourth-order valence-corrected chi connectivity index (χ4v) is 9.55. The average Bonchev–Trinajstić information content (AvgIpc) is 3.69. The van der Waals surface area contributed by atoms with Gasteiger partial charge in [-0.25, -0.2) is 15.0 Å². The Morgan fingerprint density at radius 3 is 2.03 bits per heavy atom. The number of hydrogen-bond donors (Lipinski definition) is 0. The van der Waals surface area contributed by atoms with Crippen molar-refractivity contribution in [3.8, 4) is 51.0 Å². The summed E-state index contributed by atoms with van der Waals surface area (Å²) in [7, 11) is 0. The molecule has 2 aromatic heterocycles. The first-order chi connectivity index (χ1) is 30.2. The summed E-state index contributed by atoms with van der Waals surface area (Å²) in [5.74, 6) is 2.45. The van der Waals surface area contributed by atoms with Crippen molar-refractivity contribution in [2.75, 3.05) is 0 Å². The van der Waals surface area contributed by atoms with E-state index in [1.54, 1.807) is 0 Å². The van der Waals surface area contributed by atoms with Crippen LogP contribution in [0.3, 0.4) is 0 Å². The zero-order valence-corrected chi connectivity index (χ0v) is 33.5.